The summed E-state index contributed by atoms with van der Waals surface area (Å²) in [6.07, 6.45) is 1.64. The van der Waals surface area contributed by atoms with Gasteiger partial charge in [-0.25, -0.2) is 15.0 Å². The Morgan fingerprint density at radius 3 is 2.42 bits per heavy atom. The van der Waals surface area contributed by atoms with E-state index in [1.807, 2.05) is 38.9 Å². The van der Waals surface area contributed by atoms with Crippen molar-refractivity contribution in [3.8, 4) is 0 Å². The quantitative estimate of drug-likeness (QED) is 0.769. The Hall–Kier alpha value is -2.90. The Balaban J connectivity index is 1.54. The van der Waals surface area contributed by atoms with Crippen LogP contribution in [-0.4, -0.2) is 65.2 Å². The van der Waals surface area contributed by atoms with Gasteiger partial charge in [0.05, 0.1) is 5.52 Å². The highest BCUT2D eigenvalue weighted by Crippen LogP contribution is 2.25. The van der Waals surface area contributed by atoms with Crippen molar-refractivity contribution >= 4 is 28.6 Å². The van der Waals surface area contributed by atoms with Crippen LogP contribution < -0.4 is 14.7 Å². The van der Waals surface area contributed by atoms with Gasteiger partial charge in [0.2, 0.25) is 5.95 Å². The van der Waals surface area contributed by atoms with Crippen molar-refractivity contribution in [3.05, 3.63) is 29.8 Å². The van der Waals surface area contributed by atoms with Crippen LogP contribution in [0, 0.1) is 13.8 Å². The monoisotopic (exact) mass is 352 g/mol. The Labute approximate surface area is 152 Å². The van der Waals surface area contributed by atoms with Crippen molar-refractivity contribution in [1.29, 1.82) is 0 Å². The molecule has 0 spiro atoms. The zero-order valence-corrected chi connectivity index (χ0v) is 15.7. The van der Waals surface area contributed by atoms with Gasteiger partial charge in [-0.15, -0.1) is 0 Å². The predicted octanol–water partition coefficient (Wildman–Crippen LogP) is 1.76. The number of nitrogens with one attached hydrogen (secondary N) is 1. The van der Waals surface area contributed by atoms with Crippen molar-refractivity contribution in [2.24, 2.45) is 0 Å². The first-order chi connectivity index (χ1) is 12.5. The van der Waals surface area contributed by atoms with Crippen molar-refractivity contribution < 1.29 is 0 Å². The molecule has 0 atom stereocenters. The van der Waals surface area contributed by atoms with E-state index >= 15 is 0 Å². The van der Waals surface area contributed by atoms with Crippen LogP contribution in [0.4, 0.5) is 17.6 Å². The lowest BCUT2D eigenvalue weighted by atomic mass is 10.3. The van der Waals surface area contributed by atoms with Crippen LogP contribution in [0.1, 0.15) is 11.4 Å². The van der Waals surface area contributed by atoms with E-state index in [4.69, 9.17) is 4.98 Å². The molecule has 0 aromatic carbocycles. The first-order valence-electron chi connectivity index (χ1n) is 8.84. The summed E-state index contributed by atoms with van der Waals surface area (Å²) in [5.41, 5.74) is 4.07. The van der Waals surface area contributed by atoms with E-state index in [1.165, 1.54) is 0 Å². The highest BCUT2D eigenvalue weighted by molar-refractivity contribution is 5.86. The molecule has 1 saturated heterocycles. The minimum absolute atomic E-state index is 0.803. The number of nitrogens with zero attached hydrogens (tertiary/aromatic N) is 7. The Bertz CT molecular complexity index is 924. The van der Waals surface area contributed by atoms with Crippen LogP contribution in [0.3, 0.4) is 0 Å². The summed E-state index contributed by atoms with van der Waals surface area (Å²) in [7, 11) is 4.00. The van der Waals surface area contributed by atoms with Gasteiger partial charge in [-0.3, -0.25) is 0 Å². The highest BCUT2D eigenvalue weighted by Gasteiger charge is 2.22. The molecule has 0 bridgehead atoms. The molecule has 0 aliphatic carbocycles. The molecule has 1 aliphatic rings. The number of H-pyrrole nitrogens is 1. The molecule has 3 aromatic heterocycles. The number of aromatic amines is 1. The summed E-state index contributed by atoms with van der Waals surface area (Å²) < 4.78 is 0. The van der Waals surface area contributed by atoms with Gasteiger partial charge in [0, 0.05) is 57.7 Å². The average Bonchev–Trinajstić information content (AvgIpc) is 3.01. The normalized spacial score (nSPS) is 14.9. The summed E-state index contributed by atoms with van der Waals surface area (Å²) in [5, 5.41) is 0. The lowest BCUT2D eigenvalue weighted by Crippen LogP contribution is -2.47. The fourth-order valence-electron chi connectivity index (χ4n) is 3.32. The third kappa shape index (κ3) is 3.02. The number of piperazine rings is 1. The van der Waals surface area contributed by atoms with E-state index in [9.17, 15) is 0 Å². The van der Waals surface area contributed by atoms with Gasteiger partial charge in [0.25, 0.3) is 0 Å². The second-order valence-electron chi connectivity index (χ2n) is 6.95. The minimum atomic E-state index is 0.803. The Morgan fingerprint density at radius 2 is 1.69 bits per heavy atom. The van der Waals surface area contributed by atoms with Crippen molar-refractivity contribution in [3.63, 3.8) is 0 Å². The molecule has 4 heterocycles. The number of hydrogen-bond acceptors (Lipinski definition) is 7. The molecule has 1 aliphatic heterocycles. The average molecular weight is 352 g/mol. The van der Waals surface area contributed by atoms with E-state index in [1.54, 1.807) is 6.33 Å². The molecule has 26 heavy (non-hydrogen) atoms. The summed E-state index contributed by atoms with van der Waals surface area (Å²) >= 11 is 0. The number of hydrogen-bond donors (Lipinski definition) is 1. The van der Waals surface area contributed by atoms with Crippen LogP contribution in [0.2, 0.25) is 0 Å². The topological polar surface area (TPSA) is 77.1 Å². The van der Waals surface area contributed by atoms with Gasteiger partial charge in [-0.05, 0) is 19.9 Å². The molecule has 8 nitrogen and oxygen atoms in total. The molecule has 3 aromatic rings. The van der Waals surface area contributed by atoms with Crippen LogP contribution >= 0.6 is 0 Å². The fraction of sp³-hybridized carbons (Fsp3) is 0.444. The maximum absolute atomic E-state index is 4.70. The fourth-order valence-corrected chi connectivity index (χ4v) is 3.32. The number of rotatable bonds is 3. The molecule has 1 fully saturated rings. The van der Waals surface area contributed by atoms with E-state index in [0.717, 1.165) is 66.2 Å². The van der Waals surface area contributed by atoms with Crippen molar-refractivity contribution in [2.75, 3.05) is 55.0 Å². The smallest absolute Gasteiger partial charge is 0.227 e. The Kier molecular flexibility index (Phi) is 4.10. The second-order valence-corrected chi connectivity index (χ2v) is 6.95. The standard InChI is InChI=1S/C18H24N8/c1-12-9-14-16(21-12)17(20-11-19-14)25-5-7-26(8-6-25)18-22-13(2)10-15(23-18)24(3)4/h9-11,21H,5-8H2,1-4H3. The van der Waals surface area contributed by atoms with Crippen LogP contribution in [-0.2, 0) is 0 Å². The summed E-state index contributed by atoms with van der Waals surface area (Å²) in [6.45, 7) is 7.53. The molecule has 0 radical (unpaired) electrons. The molecule has 0 unspecified atom stereocenters. The maximum atomic E-state index is 4.70. The number of aryl methyl sites for hydroxylation is 2. The van der Waals surface area contributed by atoms with Crippen molar-refractivity contribution in [1.82, 2.24) is 24.9 Å². The van der Waals surface area contributed by atoms with E-state index < -0.39 is 0 Å². The lowest BCUT2D eigenvalue weighted by molar-refractivity contribution is 0.634. The van der Waals surface area contributed by atoms with Gasteiger partial charge in [0.15, 0.2) is 5.82 Å². The molecule has 0 saturated carbocycles. The largest absolute Gasteiger partial charge is 0.363 e. The van der Waals surface area contributed by atoms with E-state index in [0.29, 0.717) is 0 Å². The SMILES string of the molecule is Cc1cc(N(C)C)nc(N2CCN(c3ncnc4cc(C)[nH]c34)CC2)n1. The van der Waals surface area contributed by atoms with Crippen molar-refractivity contribution in [2.45, 2.75) is 13.8 Å². The number of fused-ring (bicyclic) bond motifs is 1. The third-order valence-electron chi connectivity index (χ3n) is 4.68. The zero-order chi connectivity index (χ0) is 18.3. The van der Waals surface area contributed by atoms with E-state index in [2.05, 4.69) is 35.8 Å². The third-order valence-corrected chi connectivity index (χ3v) is 4.68. The van der Waals surface area contributed by atoms with E-state index in [-0.39, 0.29) is 0 Å². The maximum Gasteiger partial charge on any atom is 0.227 e. The first-order valence-corrected chi connectivity index (χ1v) is 8.84. The van der Waals surface area contributed by atoms with Gasteiger partial charge in [0.1, 0.15) is 17.7 Å². The second kappa shape index (κ2) is 6.44. The molecular weight excluding hydrogens is 328 g/mol. The molecule has 4 rings (SSSR count). The van der Waals surface area contributed by atoms with Crippen LogP contribution in [0.15, 0.2) is 18.5 Å². The highest BCUT2D eigenvalue weighted by atomic mass is 15.3. The van der Waals surface area contributed by atoms with Gasteiger partial charge >= 0.3 is 0 Å². The summed E-state index contributed by atoms with van der Waals surface area (Å²) in [6, 6.07) is 4.06. The zero-order valence-electron chi connectivity index (χ0n) is 15.7. The lowest BCUT2D eigenvalue weighted by Gasteiger charge is -2.35. The van der Waals surface area contributed by atoms with Gasteiger partial charge < -0.3 is 19.7 Å². The molecule has 8 heteroatoms. The molecule has 0 amide bonds. The number of anilines is 3. The summed E-state index contributed by atoms with van der Waals surface area (Å²) in [5.74, 6) is 2.72. The van der Waals surface area contributed by atoms with Gasteiger partial charge in [-0.1, -0.05) is 0 Å². The Morgan fingerprint density at radius 1 is 0.962 bits per heavy atom. The molecule has 1 N–H and O–H groups in total. The molecular formula is C18H24N8. The first kappa shape index (κ1) is 16.6. The summed E-state index contributed by atoms with van der Waals surface area (Å²) in [4.78, 5) is 28.1. The molecule has 136 valence electrons. The predicted molar refractivity (Wildman–Crippen MR) is 104 cm³/mol. The van der Waals surface area contributed by atoms with Gasteiger partial charge in [-0.2, -0.15) is 4.98 Å². The number of aromatic nitrogens is 5. The van der Waals surface area contributed by atoms with Crippen LogP contribution in [0.5, 0.6) is 0 Å². The minimum Gasteiger partial charge on any atom is -0.363 e. The van der Waals surface area contributed by atoms with Crippen LogP contribution in [0.25, 0.3) is 11.0 Å².